The molecule has 1 aromatic carbocycles. The number of ether oxygens (including phenoxy) is 2. The molecule has 7 nitrogen and oxygen atoms in total. The summed E-state index contributed by atoms with van der Waals surface area (Å²) in [5.41, 5.74) is 0.513. The number of hydrogen-bond acceptors (Lipinski definition) is 4. The number of piperidine rings is 1. The van der Waals surface area contributed by atoms with Gasteiger partial charge in [0, 0.05) is 44.3 Å². The van der Waals surface area contributed by atoms with Crippen LogP contribution >= 0.6 is 0 Å². The zero-order valence-electron chi connectivity index (χ0n) is 13.9. The van der Waals surface area contributed by atoms with Crippen LogP contribution in [0.5, 0.6) is 11.5 Å². The Balaban J connectivity index is 1.70. The summed E-state index contributed by atoms with van der Waals surface area (Å²) < 4.78 is 12.5. The second kappa shape index (κ2) is 7.29. The van der Waals surface area contributed by atoms with E-state index in [0.717, 1.165) is 0 Å². The monoisotopic (exact) mass is 344 g/mol. The number of carbonyl (C=O) groups is 1. The largest absolute Gasteiger partial charge is 0.497 e. The van der Waals surface area contributed by atoms with Crippen molar-refractivity contribution in [2.75, 3.05) is 20.2 Å². The Morgan fingerprint density at radius 3 is 2.56 bits per heavy atom. The van der Waals surface area contributed by atoms with Crippen LogP contribution in [0, 0.1) is 0 Å². The second-order valence-electron chi connectivity index (χ2n) is 5.86. The molecule has 1 amide bonds. The van der Waals surface area contributed by atoms with E-state index in [1.54, 1.807) is 25.4 Å². The third-order valence-corrected chi connectivity index (χ3v) is 4.24. The van der Waals surface area contributed by atoms with Gasteiger partial charge in [0.25, 0.3) is 5.56 Å². The van der Waals surface area contributed by atoms with Gasteiger partial charge >= 0.3 is 6.09 Å². The lowest BCUT2D eigenvalue weighted by Gasteiger charge is -2.30. The topological polar surface area (TPSA) is 81.0 Å². The molecule has 0 aliphatic carbocycles. The van der Waals surface area contributed by atoms with Crippen molar-refractivity contribution in [2.45, 2.75) is 18.9 Å². The molecule has 1 fully saturated rings. The van der Waals surface area contributed by atoms with Crippen molar-refractivity contribution in [3.8, 4) is 17.2 Å². The summed E-state index contributed by atoms with van der Waals surface area (Å²) in [5.74, 6) is 1.17. The van der Waals surface area contributed by atoms with Gasteiger partial charge in [-0.25, -0.2) is 4.79 Å². The molecule has 1 aliphatic rings. The molecule has 25 heavy (non-hydrogen) atoms. The van der Waals surface area contributed by atoms with Gasteiger partial charge in [0.15, 0.2) is 0 Å². The zero-order valence-corrected chi connectivity index (χ0v) is 13.9. The summed E-state index contributed by atoms with van der Waals surface area (Å²) >= 11 is 0. The molecule has 0 spiro atoms. The van der Waals surface area contributed by atoms with Gasteiger partial charge in [-0.15, -0.1) is 0 Å². The van der Waals surface area contributed by atoms with Crippen LogP contribution in [0.2, 0.25) is 0 Å². The van der Waals surface area contributed by atoms with Crippen molar-refractivity contribution >= 4 is 6.09 Å². The van der Waals surface area contributed by atoms with E-state index in [9.17, 15) is 9.59 Å². The van der Waals surface area contributed by atoms with Gasteiger partial charge in [0.05, 0.1) is 12.8 Å². The molecular formula is C18H20N2O5. The van der Waals surface area contributed by atoms with E-state index < -0.39 is 6.09 Å². The summed E-state index contributed by atoms with van der Waals surface area (Å²) in [6.45, 7) is 0.891. The lowest BCUT2D eigenvalue weighted by Crippen LogP contribution is -2.41. The van der Waals surface area contributed by atoms with Gasteiger partial charge in [-0.05, 0) is 18.2 Å². The Bertz CT molecular complexity index is 809. The molecule has 0 radical (unpaired) electrons. The first-order valence-electron chi connectivity index (χ1n) is 8.08. The first-order chi connectivity index (χ1) is 12.1. The van der Waals surface area contributed by atoms with Crippen molar-refractivity contribution in [2.24, 2.45) is 0 Å². The van der Waals surface area contributed by atoms with Crippen LogP contribution in [0.3, 0.4) is 0 Å². The van der Waals surface area contributed by atoms with Crippen molar-refractivity contribution in [3.05, 3.63) is 52.9 Å². The Morgan fingerprint density at radius 2 is 1.92 bits per heavy atom. The Labute approximate surface area is 145 Å². The molecule has 2 heterocycles. The molecule has 3 rings (SSSR count). The van der Waals surface area contributed by atoms with E-state index in [1.165, 1.54) is 15.5 Å². The maximum Gasteiger partial charge on any atom is 0.407 e. The summed E-state index contributed by atoms with van der Waals surface area (Å²) in [4.78, 5) is 24.7. The standard InChI is InChI=1S/C18H20N2O5/c1-24-15-4-2-3-13(11-15)20-10-7-16(12-17(20)21)25-14-5-8-19(9-6-14)18(22)23/h2-4,7,10-12,14H,5-6,8-9H2,1H3,(H,22,23). The molecule has 1 aromatic heterocycles. The minimum Gasteiger partial charge on any atom is -0.497 e. The molecule has 1 aliphatic heterocycles. The lowest BCUT2D eigenvalue weighted by atomic mass is 10.1. The first kappa shape index (κ1) is 16.9. The van der Waals surface area contributed by atoms with Crippen LogP contribution in [-0.4, -0.2) is 47.0 Å². The van der Waals surface area contributed by atoms with E-state index in [-0.39, 0.29) is 11.7 Å². The van der Waals surface area contributed by atoms with E-state index >= 15 is 0 Å². The molecule has 0 bridgehead atoms. The van der Waals surface area contributed by atoms with Crippen molar-refractivity contribution in [1.82, 2.24) is 9.47 Å². The molecule has 0 saturated carbocycles. The van der Waals surface area contributed by atoms with Crippen LogP contribution in [0.4, 0.5) is 4.79 Å². The first-order valence-corrected chi connectivity index (χ1v) is 8.08. The maximum atomic E-state index is 12.4. The number of likely N-dealkylation sites (tertiary alicyclic amines) is 1. The van der Waals surface area contributed by atoms with Crippen LogP contribution in [-0.2, 0) is 0 Å². The number of nitrogens with zero attached hydrogens (tertiary/aromatic N) is 2. The summed E-state index contributed by atoms with van der Waals surface area (Å²) in [5, 5.41) is 8.96. The Hall–Kier alpha value is -2.96. The van der Waals surface area contributed by atoms with Crippen LogP contribution in [0.15, 0.2) is 47.4 Å². The van der Waals surface area contributed by atoms with Gasteiger partial charge in [0.2, 0.25) is 0 Å². The SMILES string of the molecule is COc1cccc(-n2ccc(OC3CCN(C(=O)O)CC3)cc2=O)c1. The molecule has 0 unspecified atom stereocenters. The fourth-order valence-electron chi connectivity index (χ4n) is 2.87. The van der Waals surface area contributed by atoms with Gasteiger partial charge in [-0.3, -0.25) is 9.36 Å². The van der Waals surface area contributed by atoms with Gasteiger partial charge in [0.1, 0.15) is 17.6 Å². The van der Waals surface area contributed by atoms with Crippen LogP contribution in [0.25, 0.3) is 5.69 Å². The van der Waals surface area contributed by atoms with Crippen molar-refractivity contribution in [3.63, 3.8) is 0 Å². The molecule has 0 atom stereocenters. The summed E-state index contributed by atoms with van der Waals surface area (Å²) in [7, 11) is 1.58. The number of benzene rings is 1. The van der Waals surface area contributed by atoms with Gasteiger partial charge in [-0.2, -0.15) is 0 Å². The number of rotatable bonds is 4. The number of pyridine rings is 1. The number of aromatic nitrogens is 1. The minimum atomic E-state index is -0.903. The van der Waals surface area contributed by atoms with Crippen LogP contribution < -0.4 is 15.0 Å². The summed E-state index contributed by atoms with van der Waals surface area (Å²) in [6.07, 6.45) is 1.91. The highest BCUT2D eigenvalue weighted by Crippen LogP contribution is 2.19. The lowest BCUT2D eigenvalue weighted by molar-refractivity contribution is 0.0893. The molecule has 2 aromatic rings. The van der Waals surface area contributed by atoms with E-state index in [0.29, 0.717) is 43.1 Å². The molecule has 1 N–H and O–H groups in total. The van der Waals surface area contributed by atoms with Gasteiger partial charge < -0.3 is 19.5 Å². The second-order valence-corrected chi connectivity index (χ2v) is 5.86. The Kier molecular flexibility index (Phi) is 4.92. The van der Waals surface area contributed by atoms with Crippen molar-refractivity contribution < 1.29 is 19.4 Å². The average molecular weight is 344 g/mol. The van der Waals surface area contributed by atoms with E-state index in [4.69, 9.17) is 14.6 Å². The number of hydrogen-bond donors (Lipinski definition) is 1. The third-order valence-electron chi connectivity index (χ3n) is 4.24. The fourth-order valence-corrected chi connectivity index (χ4v) is 2.87. The highest BCUT2D eigenvalue weighted by atomic mass is 16.5. The molecule has 1 saturated heterocycles. The minimum absolute atomic E-state index is 0.0809. The fraction of sp³-hybridized carbons (Fsp3) is 0.333. The van der Waals surface area contributed by atoms with E-state index in [1.807, 2.05) is 18.2 Å². The van der Waals surface area contributed by atoms with Gasteiger partial charge in [-0.1, -0.05) is 6.07 Å². The van der Waals surface area contributed by atoms with Crippen molar-refractivity contribution in [1.29, 1.82) is 0 Å². The highest BCUT2D eigenvalue weighted by molar-refractivity contribution is 5.65. The zero-order chi connectivity index (χ0) is 17.8. The Morgan fingerprint density at radius 1 is 1.16 bits per heavy atom. The third kappa shape index (κ3) is 3.93. The van der Waals surface area contributed by atoms with Crippen LogP contribution in [0.1, 0.15) is 12.8 Å². The number of carboxylic acid groups (broad SMARTS) is 1. The number of methoxy groups -OCH3 is 1. The number of amides is 1. The molecule has 7 heteroatoms. The smallest absolute Gasteiger partial charge is 0.407 e. The highest BCUT2D eigenvalue weighted by Gasteiger charge is 2.23. The maximum absolute atomic E-state index is 12.4. The predicted octanol–water partition coefficient (Wildman–Crippen LogP) is 2.37. The average Bonchev–Trinajstić information content (AvgIpc) is 2.62. The quantitative estimate of drug-likeness (QED) is 0.921. The summed E-state index contributed by atoms with van der Waals surface area (Å²) in [6, 6.07) is 10.4. The predicted molar refractivity (Wildman–Crippen MR) is 91.8 cm³/mol. The molecule has 132 valence electrons. The van der Waals surface area contributed by atoms with E-state index in [2.05, 4.69) is 0 Å². The molecular weight excluding hydrogens is 324 g/mol. The normalized spacial score (nSPS) is 15.0.